The van der Waals surface area contributed by atoms with E-state index in [9.17, 15) is 8.42 Å². The summed E-state index contributed by atoms with van der Waals surface area (Å²) in [4.78, 5) is 0.264. The average molecular weight is 376 g/mol. The highest BCUT2D eigenvalue weighted by molar-refractivity contribution is 7.89. The number of nitrogens with one attached hydrogen (secondary N) is 1. The first-order valence-corrected chi connectivity index (χ1v) is 10.3. The van der Waals surface area contributed by atoms with E-state index < -0.39 is 15.6 Å². The Hall–Kier alpha value is -1.69. The molecule has 0 saturated heterocycles. The van der Waals surface area contributed by atoms with E-state index in [2.05, 4.69) is 25.5 Å². The first-order valence-electron chi connectivity index (χ1n) is 8.85. The molecule has 0 aliphatic carbocycles. The molecule has 1 unspecified atom stereocenters. The zero-order valence-electron chi connectivity index (χ0n) is 16.2. The lowest BCUT2D eigenvalue weighted by Gasteiger charge is -2.32. The standard InChI is InChI=1S/C21H29NO3S/c1-6-21(25-5,18-10-8-7-9-11-18)16-22-26(23,24)19-14-12-17(13-15-19)20(2,3)4/h7-15,22H,6,16H2,1-5H3. The van der Waals surface area contributed by atoms with E-state index in [4.69, 9.17) is 4.74 Å². The summed E-state index contributed by atoms with van der Waals surface area (Å²) in [5.74, 6) is 0. The van der Waals surface area contributed by atoms with E-state index in [1.165, 1.54) is 0 Å². The second-order valence-corrected chi connectivity index (χ2v) is 9.28. The van der Waals surface area contributed by atoms with E-state index >= 15 is 0 Å². The van der Waals surface area contributed by atoms with Crippen molar-refractivity contribution < 1.29 is 13.2 Å². The summed E-state index contributed by atoms with van der Waals surface area (Å²) >= 11 is 0. The molecular weight excluding hydrogens is 346 g/mol. The molecule has 5 heteroatoms. The summed E-state index contributed by atoms with van der Waals surface area (Å²) in [5, 5.41) is 0. The van der Waals surface area contributed by atoms with Gasteiger partial charge in [0.15, 0.2) is 0 Å². The molecule has 0 heterocycles. The normalized spacial score (nSPS) is 14.8. The first-order chi connectivity index (χ1) is 12.1. The van der Waals surface area contributed by atoms with Gasteiger partial charge in [0.05, 0.1) is 4.90 Å². The lowest BCUT2D eigenvalue weighted by Crippen LogP contribution is -2.41. The maximum Gasteiger partial charge on any atom is 0.240 e. The summed E-state index contributed by atoms with van der Waals surface area (Å²) in [7, 11) is -2.00. The molecule has 0 aliphatic heterocycles. The van der Waals surface area contributed by atoms with Crippen molar-refractivity contribution in [3.8, 4) is 0 Å². The van der Waals surface area contributed by atoms with Crippen LogP contribution in [0.2, 0.25) is 0 Å². The Kier molecular flexibility index (Phi) is 6.27. The van der Waals surface area contributed by atoms with Gasteiger partial charge in [0, 0.05) is 13.7 Å². The Morgan fingerprint density at radius 1 is 0.923 bits per heavy atom. The van der Waals surface area contributed by atoms with Gasteiger partial charge in [-0.15, -0.1) is 0 Å². The molecule has 0 saturated carbocycles. The van der Waals surface area contributed by atoms with Crippen molar-refractivity contribution in [3.05, 3.63) is 65.7 Å². The second kappa shape index (κ2) is 7.91. The summed E-state index contributed by atoms with van der Waals surface area (Å²) in [6.45, 7) is 8.46. The third-order valence-corrected chi connectivity index (χ3v) is 6.26. The minimum Gasteiger partial charge on any atom is -0.372 e. The molecule has 26 heavy (non-hydrogen) atoms. The third kappa shape index (κ3) is 4.53. The Labute approximate surface area is 157 Å². The van der Waals surface area contributed by atoms with Crippen molar-refractivity contribution in [2.75, 3.05) is 13.7 Å². The van der Waals surface area contributed by atoms with Crippen LogP contribution in [0.1, 0.15) is 45.2 Å². The van der Waals surface area contributed by atoms with Gasteiger partial charge in [0.25, 0.3) is 0 Å². The fraction of sp³-hybridized carbons (Fsp3) is 0.429. The molecule has 142 valence electrons. The van der Waals surface area contributed by atoms with Crippen LogP contribution in [0.15, 0.2) is 59.5 Å². The lowest BCUT2D eigenvalue weighted by molar-refractivity contribution is -0.0133. The Bertz CT molecular complexity index is 803. The highest BCUT2D eigenvalue weighted by Gasteiger charge is 2.32. The van der Waals surface area contributed by atoms with E-state index in [1.54, 1.807) is 19.2 Å². The summed E-state index contributed by atoms with van der Waals surface area (Å²) in [6, 6.07) is 16.8. The molecule has 1 atom stereocenters. The van der Waals surface area contributed by atoms with Crippen LogP contribution in [0.5, 0.6) is 0 Å². The van der Waals surface area contributed by atoms with Gasteiger partial charge in [-0.25, -0.2) is 13.1 Å². The number of rotatable bonds is 7. The smallest absolute Gasteiger partial charge is 0.240 e. The maximum atomic E-state index is 12.7. The van der Waals surface area contributed by atoms with Crippen LogP contribution >= 0.6 is 0 Å². The number of hydrogen-bond acceptors (Lipinski definition) is 3. The van der Waals surface area contributed by atoms with E-state index in [-0.39, 0.29) is 16.9 Å². The Morgan fingerprint density at radius 2 is 1.50 bits per heavy atom. The monoisotopic (exact) mass is 375 g/mol. The molecule has 2 rings (SSSR count). The zero-order chi connectivity index (χ0) is 19.4. The molecular formula is C21H29NO3S. The molecule has 0 aromatic heterocycles. The molecule has 0 amide bonds. The molecule has 0 radical (unpaired) electrons. The third-order valence-electron chi connectivity index (χ3n) is 4.84. The van der Waals surface area contributed by atoms with Crippen molar-refractivity contribution in [2.45, 2.75) is 50.0 Å². The number of ether oxygens (including phenoxy) is 1. The fourth-order valence-corrected chi connectivity index (χ4v) is 4.02. The molecule has 0 fully saturated rings. The van der Waals surface area contributed by atoms with Crippen molar-refractivity contribution in [1.29, 1.82) is 0 Å². The van der Waals surface area contributed by atoms with Crippen molar-refractivity contribution >= 4 is 10.0 Å². The fourth-order valence-electron chi connectivity index (χ4n) is 2.94. The van der Waals surface area contributed by atoms with Crippen molar-refractivity contribution in [3.63, 3.8) is 0 Å². The van der Waals surface area contributed by atoms with Crippen LogP contribution < -0.4 is 4.72 Å². The number of benzene rings is 2. The lowest BCUT2D eigenvalue weighted by atomic mass is 9.87. The molecule has 2 aromatic rings. The van der Waals surface area contributed by atoms with Crippen molar-refractivity contribution in [2.24, 2.45) is 0 Å². The van der Waals surface area contributed by atoms with Gasteiger partial charge in [0.1, 0.15) is 5.60 Å². The zero-order valence-corrected chi connectivity index (χ0v) is 17.1. The Morgan fingerprint density at radius 3 is 1.96 bits per heavy atom. The molecule has 1 N–H and O–H groups in total. The molecule has 0 aliphatic rings. The van der Waals surface area contributed by atoms with Crippen LogP contribution in [0.4, 0.5) is 0 Å². The number of hydrogen-bond donors (Lipinski definition) is 1. The van der Waals surface area contributed by atoms with Gasteiger partial charge in [0.2, 0.25) is 10.0 Å². The van der Waals surface area contributed by atoms with Crippen LogP contribution in [0.25, 0.3) is 0 Å². The van der Waals surface area contributed by atoms with Crippen LogP contribution in [-0.2, 0) is 25.8 Å². The molecule has 4 nitrogen and oxygen atoms in total. The second-order valence-electron chi connectivity index (χ2n) is 7.52. The first kappa shape index (κ1) is 20.6. The van der Waals surface area contributed by atoms with Crippen LogP contribution in [0, 0.1) is 0 Å². The predicted octanol–water partition coefficient (Wildman–Crippen LogP) is 4.21. The van der Waals surface area contributed by atoms with Crippen LogP contribution in [0.3, 0.4) is 0 Å². The highest BCUT2D eigenvalue weighted by atomic mass is 32.2. The molecule has 0 bridgehead atoms. The van der Waals surface area contributed by atoms with Gasteiger partial charge >= 0.3 is 0 Å². The van der Waals surface area contributed by atoms with Gasteiger partial charge in [-0.2, -0.15) is 0 Å². The maximum absolute atomic E-state index is 12.7. The number of methoxy groups -OCH3 is 1. The summed E-state index contributed by atoms with van der Waals surface area (Å²) in [5.41, 5.74) is 1.34. The minimum absolute atomic E-state index is 0.0174. The summed E-state index contributed by atoms with van der Waals surface area (Å²) < 4.78 is 33.9. The quantitative estimate of drug-likeness (QED) is 0.788. The summed E-state index contributed by atoms with van der Waals surface area (Å²) in [6.07, 6.45) is 0.652. The minimum atomic E-state index is -3.61. The molecule has 0 spiro atoms. The molecule has 2 aromatic carbocycles. The highest BCUT2D eigenvalue weighted by Crippen LogP contribution is 2.29. The topological polar surface area (TPSA) is 55.4 Å². The SMILES string of the molecule is CCC(CNS(=O)(=O)c1ccc(C(C)(C)C)cc1)(OC)c1ccccc1. The largest absolute Gasteiger partial charge is 0.372 e. The number of sulfonamides is 1. The average Bonchev–Trinajstić information content (AvgIpc) is 2.63. The van der Waals surface area contributed by atoms with Gasteiger partial charge < -0.3 is 4.74 Å². The van der Waals surface area contributed by atoms with Crippen molar-refractivity contribution in [1.82, 2.24) is 4.72 Å². The predicted molar refractivity (Wildman–Crippen MR) is 106 cm³/mol. The van der Waals surface area contributed by atoms with Gasteiger partial charge in [-0.1, -0.05) is 70.2 Å². The van der Waals surface area contributed by atoms with Crippen LogP contribution in [-0.4, -0.2) is 22.1 Å². The van der Waals surface area contributed by atoms with E-state index in [0.717, 1.165) is 11.1 Å². The van der Waals surface area contributed by atoms with E-state index in [0.29, 0.717) is 6.42 Å². The van der Waals surface area contributed by atoms with Gasteiger partial charge in [-0.3, -0.25) is 0 Å². The van der Waals surface area contributed by atoms with E-state index in [1.807, 2.05) is 49.4 Å². The van der Waals surface area contributed by atoms with Gasteiger partial charge in [-0.05, 0) is 35.1 Å². The Balaban J connectivity index is 2.23.